The van der Waals surface area contributed by atoms with Crippen molar-refractivity contribution < 1.29 is 56.8 Å². The maximum Gasteiger partial charge on any atom is 0.315 e. The summed E-state index contributed by atoms with van der Waals surface area (Å²) in [5, 5.41) is 29.6. The number of azo groups is 2. The van der Waals surface area contributed by atoms with Gasteiger partial charge in [-0.2, -0.15) is 41.3 Å². The number of aromatic nitrogens is 3. The minimum absolute atomic E-state index is 0. The van der Waals surface area contributed by atoms with E-state index in [2.05, 4.69) is 44.9 Å². The highest BCUT2D eigenvalue weighted by Gasteiger charge is 2.26. The van der Waals surface area contributed by atoms with Crippen LogP contribution in [0.3, 0.4) is 0 Å². The highest BCUT2D eigenvalue weighted by atomic mass is 32.2. The van der Waals surface area contributed by atoms with Gasteiger partial charge in [-0.05, 0) is 67.3 Å². The third-order valence-corrected chi connectivity index (χ3v) is 11.5. The number of phenols is 1. The van der Waals surface area contributed by atoms with Gasteiger partial charge in [-0.25, -0.2) is 12.6 Å². The van der Waals surface area contributed by atoms with Crippen LogP contribution in [-0.4, -0.2) is 88.5 Å². The van der Waals surface area contributed by atoms with Crippen LogP contribution in [-0.2, 0) is 45.6 Å². The van der Waals surface area contributed by atoms with Crippen molar-refractivity contribution >= 4 is 98.2 Å². The van der Waals surface area contributed by atoms with Gasteiger partial charge in [0, 0.05) is 12.7 Å². The Bertz CT molecular complexity index is 2850. The van der Waals surface area contributed by atoms with E-state index in [0.717, 1.165) is 34.7 Å². The molecule has 0 aliphatic rings. The Morgan fingerprint density at radius 1 is 0.898 bits per heavy atom. The van der Waals surface area contributed by atoms with Gasteiger partial charge in [0.15, 0.2) is 15.6 Å². The summed E-state index contributed by atoms with van der Waals surface area (Å²) >= 11 is -2.95. The molecule has 22 nitrogen and oxygen atoms in total. The predicted octanol–water partition coefficient (Wildman–Crippen LogP) is 5.39. The maximum atomic E-state index is 14.5. The third-order valence-electron chi connectivity index (χ3n) is 7.77. The molecule has 5 rings (SSSR count). The summed E-state index contributed by atoms with van der Waals surface area (Å²) in [6.45, 7) is 2.79. The number of sulfone groups is 1. The van der Waals surface area contributed by atoms with Crippen LogP contribution >= 0.6 is 0 Å². The first kappa shape index (κ1) is 46.0. The molecule has 316 valence electrons. The normalized spacial score (nSPS) is 12.9. The molecule has 0 bridgehead atoms. The number of benzene rings is 4. The highest BCUT2D eigenvalue weighted by molar-refractivity contribution is 7.91. The number of fused-ring (bicyclic) bond motifs is 1. The molecule has 0 amide bonds. The van der Waals surface area contributed by atoms with Crippen molar-refractivity contribution in [2.45, 2.75) is 31.1 Å². The molecule has 1 aromatic heterocycles. The number of hydrogen-bond donors (Lipinski definition) is 5. The van der Waals surface area contributed by atoms with Crippen molar-refractivity contribution in [2.75, 3.05) is 41.2 Å². The van der Waals surface area contributed by atoms with E-state index in [1.54, 1.807) is 31.2 Å². The van der Waals surface area contributed by atoms with E-state index in [9.17, 15) is 52.6 Å². The molecule has 59 heavy (non-hydrogen) atoms. The zero-order valence-corrected chi connectivity index (χ0v) is 33.3. The lowest BCUT2D eigenvalue weighted by molar-refractivity contribution is 0.318. The summed E-state index contributed by atoms with van der Waals surface area (Å²) in [4.78, 5) is 9.88. The van der Waals surface area contributed by atoms with Crippen molar-refractivity contribution in [1.29, 1.82) is 0 Å². The molecule has 1 unspecified atom stereocenters. The predicted molar refractivity (Wildman–Crippen MR) is 212 cm³/mol. The second kappa shape index (κ2) is 18.1. The summed E-state index contributed by atoms with van der Waals surface area (Å²) < 4.78 is 134. The maximum absolute atomic E-state index is 14.5. The van der Waals surface area contributed by atoms with Crippen LogP contribution in [0.2, 0.25) is 0 Å². The van der Waals surface area contributed by atoms with E-state index < -0.39 is 105 Å². The number of nitrogens with one attached hydrogen (secondary N) is 1. The van der Waals surface area contributed by atoms with E-state index in [4.69, 9.17) is 5.73 Å². The number of aryl methyl sites for hydroxylation is 2. The number of anilines is 4. The van der Waals surface area contributed by atoms with Crippen molar-refractivity contribution in [1.82, 2.24) is 15.0 Å². The summed E-state index contributed by atoms with van der Waals surface area (Å²) in [5.74, 6) is -3.52. The quantitative estimate of drug-likeness (QED) is 0.0380. The van der Waals surface area contributed by atoms with Crippen molar-refractivity contribution in [2.24, 2.45) is 20.5 Å². The van der Waals surface area contributed by atoms with Crippen molar-refractivity contribution in [3.63, 3.8) is 0 Å². The largest absolute Gasteiger partial charge is 0.750 e. The number of rotatable bonds is 15. The van der Waals surface area contributed by atoms with Gasteiger partial charge in [0.25, 0.3) is 20.2 Å². The molecule has 1 heterocycles. The Morgan fingerprint density at radius 2 is 1.54 bits per heavy atom. The zero-order valence-electron chi connectivity index (χ0n) is 30.0. The standard InChI is InChI=1S/C31H31FN10O12S4.CH4/c1-16-4-6-19(7-5-16)38-40-26-17(2)12-18-13-23(58(51,52)53)27(28(43)24(18)25(26)33)41-39-21-14-20(8-9-22(21)57(48,49)50)34-30-35-29(32)36-31(37-30)42(3)15-56(46,47)11-10-54-55(44)45;/h4-9,12-14,43H,10-11,15,33H2,1-3H3,(H,44,45)(H,48,49,50)(H,51,52,53)(H,34,35,36,37);1H4/p-1. The van der Waals surface area contributed by atoms with Crippen LogP contribution in [0.4, 0.5) is 50.4 Å². The first-order valence-corrected chi connectivity index (χ1v) is 21.6. The second-order valence-corrected chi connectivity index (χ2v) is 17.7. The number of aromatic hydroxyl groups is 1. The third kappa shape index (κ3) is 11.5. The van der Waals surface area contributed by atoms with Gasteiger partial charge in [-0.3, -0.25) is 13.3 Å². The van der Waals surface area contributed by atoms with Gasteiger partial charge in [0.1, 0.15) is 32.7 Å². The monoisotopic (exact) mass is 897 g/mol. The van der Waals surface area contributed by atoms with Gasteiger partial charge < -0.3 is 25.6 Å². The molecule has 0 saturated heterocycles. The number of hydrogen-bond acceptors (Lipinski definition) is 20. The minimum Gasteiger partial charge on any atom is -0.750 e. The Balaban J connectivity index is 0.00000769. The smallest absolute Gasteiger partial charge is 0.315 e. The average Bonchev–Trinajstić information content (AvgIpc) is 3.10. The lowest BCUT2D eigenvalue weighted by Gasteiger charge is -2.18. The van der Waals surface area contributed by atoms with Crippen LogP contribution in [0.15, 0.2) is 84.8 Å². The number of nitrogen functional groups attached to an aromatic ring is 1. The van der Waals surface area contributed by atoms with Crippen molar-refractivity contribution in [3.8, 4) is 5.75 Å². The number of phenolic OH excluding ortho intramolecular Hbond substituents is 1. The molecule has 5 aromatic rings. The zero-order chi connectivity index (χ0) is 42.7. The molecule has 0 aliphatic carbocycles. The molecule has 0 saturated carbocycles. The highest BCUT2D eigenvalue weighted by Crippen LogP contribution is 2.47. The van der Waals surface area contributed by atoms with E-state index in [-0.39, 0.29) is 35.3 Å². The summed E-state index contributed by atoms with van der Waals surface area (Å²) in [6.07, 6.45) is -1.39. The van der Waals surface area contributed by atoms with Gasteiger partial charge in [-0.15, -0.1) is 15.3 Å². The molecule has 6 N–H and O–H groups in total. The fraction of sp³-hybridized carbons (Fsp3) is 0.219. The topological polar surface area (TPSA) is 342 Å². The van der Waals surface area contributed by atoms with E-state index in [1.807, 2.05) is 6.92 Å². The average molecular weight is 898 g/mol. The summed E-state index contributed by atoms with van der Waals surface area (Å²) in [5.41, 5.74) is 6.41. The Morgan fingerprint density at radius 3 is 2.17 bits per heavy atom. The van der Waals surface area contributed by atoms with Crippen LogP contribution in [0.5, 0.6) is 5.75 Å². The lowest BCUT2D eigenvalue weighted by atomic mass is 10.0. The van der Waals surface area contributed by atoms with Gasteiger partial charge in [0.05, 0.1) is 40.5 Å². The second-order valence-electron chi connectivity index (χ2n) is 12.1. The summed E-state index contributed by atoms with van der Waals surface area (Å²) in [7, 11) is -13.1. The molecular weight excluding hydrogens is 864 g/mol. The molecule has 0 radical (unpaired) electrons. The Kier molecular flexibility index (Phi) is 14.1. The first-order chi connectivity index (χ1) is 27.0. The minimum atomic E-state index is -5.17. The van der Waals surface area contributed by atoms with Crippen molar-refractivity contribution in [3.05, 3.63) is 71.8 Å². The van der Waals surface area contributed by atoms with Gasteiger partial charge in [-0.1, -0.05) is 25.1 Å². The molecular formula is C32H34FN10O12S4-. The number of nitrogens with two attached hydrogens (primary N) is 1. The molecule has 4 aromatic carbocycles. The molecule has 0 aliphatic heterocycles. The van der Waals surface area contributed by atoms with Gasteiger partial charge in [0.2, 0.25) is 11.9 Å². The fourth-order valence-electron chi connectivity index (χ4n) is 5.17. The molecule has 0 fully saturated rings. The molecule has 27 heteroatoms. The van der Waals surface area contributed by atoms with E-state index in [1.165, 1.54) is 13.1 Å². The lowest BCUT2D eigenvalue weighted by Crippen LogP contribution is -2.30. The van der Waals surface area contributed by atoms with Crippen LogP contribution in [0, 0.1) is 19.9 Å². The number of nitrogens with zero attached hydrogens (tertiary/aromatic N) is 8. The first-order valence-electron chi connectivity index (χ1n) is 15.9. The van der Waals surface area contributed by atoms with Gasteiger partial charge >= 0.3 is 6.08 Å². The van der Waals surface area contributed by atoms with E-state index in [0.29, 0.717) is 11.3 Å². The van der Waals surface area contributed by atoms with Crippen LogP contribution in [0.25, 0.3) is 10.8 Å². The molecule has 1 atom stereocenters. The Labute approximate surface area is 339 Å². The SMILES string of the molecule is C.Cc1ccc(N=Nc2c(C)cc3cc(S(=O)(=O)O)c(N=Nc4cc(Nc5nc(F)nc(N(C)CS(=O)(=O)CCOS(=O)[O-])n5)ccc4S(=O)(=O)O)c(O)c3c2N)cc1. The Hall–Kier alpha value is -5.68. The van der Waals surface area contributed by atoms with Crippen LogP contribution < -0.4 is 16.0 Å². The van der Waals surface area contributed by atoms with Crippen LogP contribution in [0.1, 0.15) is 18.6 Å². The van der Waals surface area contributed by atoms with E-state index >= 15 is 0 Å². The summed E-state index contributed by atoms with van der Waals surface area (Å²) in [6, 6.07) is 12.1. The molecule has 0 spiro atoms. The number of halogens is 1. The fourth-order valence-corrected chi connectivity index (χ4v) is 7.92.